The van der Waals surface area contributed by atoms with Crippen molar-refractivity contribution in [2.45, 2.75) is 38.5 Å². The van der Waals surface area contributed by atoms with Gasteiger partial charge >= 0.3 is 0 Å². The fraction of sp³-hybridized carbons (Fsp3) is 0.800. The Balaban J connectivity index is 2.91. The maximum atomic E-state index is 8.76. The van der Waals surface area contributed by atoms with Gasteiger partial charge in [-0.1, -0.05) is 19.0 Å². The van der Waals surface area contributed by atoms with Crippen molar-refractivity contribution in [2.75, 3.05) is 13.2 Å². The smallest absolute Gasteiger partial charge is 0.234 e. The van der Waals surface area contributed by atoms with Crippen LogP contribution in [0.4, 0.5) is 0 Å². The van der Waals surface area contributed by atoms with Gasteiger partial charge < -0.3 is 15.4 Å². The van der Waals surface area contributed by atoms with E-state index in [1.165, 1.54) is 0 Å². The van der Waals surface area contributed by atoms with E-state index in [4.69, 9.17) is 15.4 Å². The first kappa shape index (κ1) is 12.1. The van der Waals surface area contributed by atoms with E-state index >= 15 is 0 Å². The summed E-state index contributed by atoms with van der Waals surface area (Å²) in [4.78, 5) is 4.27. The van der Waals surface area contributed by atoms with Crippen LogP contribution in [0, 0.1) is 0 Å². The highest BCUT2D eigenvalue weighted by Crippen LogP contribution is 2.28. The average Bonchev–Trinajstić information content (AvgIpc) is 2.71. The van der Waals surface area contributed by atoms with E-state index in [0.717, 1.165) is 12.8 Å². The molecule has 0 amide bonds. The molecule has 0 bridgehead atoms. The highest BCUT2D eigenvalue weighted by molar-refractivity contribution is 5.05. The molecular formula is C10H19N3O2. The van der Waals surface area contributed by atoms with Gasteiger partial charge in [-0.15, -0.1) is 0 Å². The molecule has 5 heteroatoms. The molecule has 0 fully saturated rings. The lowest BCUT2D eigenvalue weighted by molar-refractivity contribution is 0.264. The summed E-state index contributed by atoms with van der Waals surface area (Å²) >= 11 is 0. The average molecular weight is 213 g/mol. The number of hydrogen-bond acceptors (Lipinski definition) is 5. The highest BCUT2D eigenvalue weighted by atomic mass is 16.5. The van der Waals surface area contributed by atoms with Crippen molar-refractivity contribution < 1.29 is 9.63 Å². The molecule has 15 heavy (non-hydrogen) atoms. The van der Waals surface area contributed by atoms with Crippen LogP contribution in [0.15, 0.2) is 4.52 Å². The van der Waals surface area contributed by atoms with Gasteiger partial charge in [0, 0.05) is 13.0 Å². The summed E-state index contributed by atoms with van der Waals surface area (Å²) in [6.07, 6.45) is 2.18. The van der Waals surface area contributed by atoms with Gasteiger partial charge in [0.05, 0.1) is 12.0 Å². The molecule has 0 aromatic carbocycles. The second-order valence-electron chi connectivity index (χ2n) is 3.68. The van der Waals surface area contributed by atoms with Crippen LogP contribution in [-0.4, -0.2) is 28.4 Å². The van der Waals surface area contributed by atoms with Crippen LogP contribution in [0.25, 0.3) is 0 Å². The molecule has 1 aromatic rings. The third-order valence-electron chi connectivity index (χ3n) is 3.00. The van der Waals surface area contributed by atoms with Gasteiger partial charge in [-0.25, -0.2) is 0 Å². The van der Waals surface area contributed by atoms with Crippen LogP contribution in [0.2, 0.25) is 0 Å². The molecule has 0 aliphatic heterocycles. The molecule has 1 rings (SSSR count). The molecule has 0 saturated heterocycles. The topological polar surface area (TPSA) is 85.2 Å². The summed E-state index contributed by atoms with van der Waals surface area (Å²) in [5.41, 5.74) is 5.56. The molecule has 0 unspecified atom stereocenters. The Kier molecular flexibility index (Phi) is 4.23. The predicted molar refractivity (Wildman–Crippen MR) is 56.4 cm³/mol. The Bertz CT molecular complexity index is 286. The predicted octanol–water partition coefficient (Wildman–Crippen LogP) is 0.621. The molecule has 1 aromatic heterocycles. The number of hydrogen-bond donors (Lipinski definition) is 2. The van der Waals surface area contributed by atoms with E-state index in [1.54, 1.807) is 0 Å². The summed E-state index contributed by atoms with van der Waals surface area (Å²) in [7, 11) is 0. The van der Waals surface area contributed by atoms with Crippen molar-refractivity contribution in [1.29, 1.82) is 0 Å². The molecule has 0 aliphatic rings. The van der Waals surface area contributed by atoms with Gasteiger partial charge in [-0.05, 0) is 12.8 Å². The van der Waals surface area contributed by atoms with Crippen molar-refractivity contribution in [1.82, 2.24) is 10.1 Å². The normalized spacial score (nSPS) is 12.0. The van der Waals surface area contributed by atoms with Crippen LogP contribution in [-0.2, 0) is 11.8 Å². The molecule has 0 aliphatic carbocycles. The SMILES string of the molecule is CCC(CC)(CN)c1nc(CCO)no1. The molecule has 0 radical (unpaired) electrons. The van der Waals surface area contributed by atoms with Crippen molar-refractivity contribution in [3.63, 3.8) is 0 Å². The van der Waals surface area contributed by atoms with E-state index in [-0.39, 0.29) is 12.0 Å². The number of nitrogens with zero attached hydrogens (tertiary/aromatic N) is 2. The standard InChI is InChI=1S/C10H19N3O2/c1-3-10(4-2,7-11)9-12-8(5-6-14)13-15-9/h14H,3-7,11H2,1-2H3. The fourth-order valence-corrected chi connectivity index (χ4v) is 1.60. The third-order valence-corrected chi connectivity index (χ3v) is 3.00. The van der Waals surface area contributed by atoms with Gasteiger partial charge in [0.2, 0.25) is 5.89 Å². The van der Waals surface area contributed by atoms with Crippen LogP contribution in [0.3, 0.4) is 0 Å². The zero-order valence-corrected chi connectivity index (χ0v) is 9.36. The summed E-state index contributed by atoms with van der Waals surface area (Å²) in [6, 6.07) is 0. The lowest BCUT2D eigenvalue weighted by Gasteiger charge is -2.24. The lowest BCUT2D eigenvalue weighted by Crippen LogP contribution is -2.34. The fourth-order valence-electron chi connectivity index (χ4n) is 1.60. The number of aliphatic hydroxyl groups is 1. The van der Waals surface area contributed by atoms with Gasteiger partial charge in [0.25, 0.3) is 0 Å². The molecule has 86 valence electrons. The zero-order valence-electron chi connectivity index (χ0n) is 9.36. The first-order chi connectivity index (χ1) is 7.22. The molecule has 5 nitrogen and oxygen atoms in total. The molecule has 0 atom stereocenters. The molecule has 3 N–H and O–H groups in total. The van der Waals surface area contributed by atoms with Crippen molar-refractivity contribution in [3.8, 4) is 0 Å². The van der Waals surface area contributed by atoms with E-state index in [2.05, 4.69) is 24.0 Å². The second-order valence-corrected chi connectivity index (χ2v) is 3.68. The van der Waals surface area contributed by atoms with E-state index in [0.29, 0.717) is 24.7 Å². The van der Waals surface area contributed by atoms with Crippen LogP contribution in [0.1, 0.15) is 38.4 Å². The van der Waals surface area contributed by atoms with Crippen molar-refractivity contribution in [3.05, 3.63) is 11.7 Å². The zero-order chi connectivity index (χ0) is 11.3. The van der Waals surface area contributed by atoms with E-state index in [9.17, 15) is 0 Å². The maximum Gasteiger partial charge on any atom is 0.234 e. The quantitative estimate of drug-likeness (QED) is 0.723. The molecule has 1 heterocycles. The first-order valence-corrected chi connectivity index (χ1v) is 5.36. The van der Waals surface area contributed by atoms with Crippen molar-refractivity contribution >= 4 is 0 Å². The minimum atomic E-state index is -0.208. The second kappa shape index (κ2) is 5.23. The van der Waals surface area contributed by atoms with E-state index in [1.807, 2.05) is 0 Å². The van der Waals surface area contributed by atoms with E-state index < -0.39 is 0 Å². The molecule has 0 saturated carbocycles. The number of aliphatic hydroxyl groups excluding tert-OH is 1. The summed E-state index contributed by atoms with van der Waals surface area (Å²) in [5.74, 6) is 1.14. The minimum Gasteiger partial charge on any atom is -0.396 e. The molecular weight excluding hydrogens is 194 g/mol. The molecule has 0 spiro atoms. The van der Waals surface area contributed by atoms with Gasteiger partial charge in [0.1, 0.15) is 0 Å². The Labute approximate surface area is 89.7 Å². The monoisotopic (exact) mass is 213 g/mol. The summed E-state index contributed by atoms with van der Waals surface area (Å²) in [6.45, 7) is 4.66. The number of nitrogens with two attached hydrogens (primary N) is 1. The van der Waals surface area contributed by atoms with Crippen LogP contribution >= 0.6 is 0 Å². The number of aromatic nitrogens is 2. The Morgan fingerprint density at radius 2 is 2.07 bits per heavy atom. The van der Waals surface area contributed by atoms with Crippen molar-refractivity contribution in [2.24, 2.45) is 5.73 Å². The van der Waals surface area contributed by atoms with Gasteiger partial charge in [-0.3, -0.25) is 0 Å². The lowest BCUT2D eigenvalue weighted by atomic mass is 9.82. The van der Waals surface area contributed by atoms with Gasteiger partial charge in [-0.2, -0.15) is 4.98 Å². The Morgan fingerprint density at radius 3 is 2.53 bits per heavy atom. The number of rotatable bonds is 6. The first-order valence-electron chi connectivity index (χ1n) is 5.36. The maximum absolute atomic E-state index is 8.76. The summed E-state index contributed by atoms with van der Waals surface area (Å²) in [5, 5.41) is 12.6. The Hall–Kier alpha value is -0.940. The van der Waals surface area contributed by atoms with Gasteiger partial charge in [0.15, 0.2) is 5.82 Å². The third kappa shape index (κ3) is 2.35. The highest BCUT2D eigenvalue weighted by Gasteiger charge is 2.33. The van der Waals surface area contributed by atoms with Crippen LogP contribution in [0.5, 0.6) is 0 Å². The summed E-state index contributed by atoms with van der Waals surface area (Å²) < 4.78 is 5.20. The minimum absolute atomic E-state index is 0.0346. The largest absolute Gasteiger partial charge is 0.396 e. The van der Waals surface area contributed by atoms with Crippen LogP contribution < -0.4 is 5.73 Å². The Morgan fingerprint density at radius 1 is 1.40 bits per heavy atom.